The zero-order chi connectivity index (χ0) is 46.8. The van der Waals surface area contributed by atoms with Crippen molar-refractivity contribution in [1.82, 2.24) is 9.79 Å². The molecule has 0 saturated carbocycles. The van der Waals surface area contributed by atoms with Gasteiger partial charge in [-0.3, -0.25) is 33.1 Å². The second-order valence-corrected chi connectivity index (χ2v) is 20.9. The number of nitrogens with zero attached hydrogens (tertiary/aromatic N) is 3. The number of ketones is 2. The maximum absolute atomic E-state index is 13.8. The van der Waals surface area contributed by atoms with Crippen LogP contribution in [0.2, 0.25) is 0 Å². The first-order valence-corrected chi connectivity index (χ1v) is 24.0. The zero-order valence-corrected chi connectivity index (χ0v) is 36.9. The number of sulfonamides is 1. The van der Waals surface area contributed by atoms with E-state index in [0.717, 1.165) is 24.5 Å². The number of nitrogens with one attached hydrogen (secondary N) is 1. The number of Topliss-reactive ketones (excluding diaryl/α,β-unsaturated/α-hetero) is 2. The van der Waals surface area contributed by atoms with Gasteiger partial charge in [-0.2, -0.15) is 21.4 Å². The highest BCUT2D eigenvalue weighted by Crippen LogP contribution is 2.50. The average molecular weight is 932 g/mol. The van der Waals surface area contributed by atoms with Gasteiger partial charge in [0.2, 0.25) is 33.8 Å². The number of benzene rings is 2. The van der Waals surface area contributed by atoms with Crippen molar-refractivity contribution in [2.45, 2.75) is 86.8 Å². The average Bonchev–Trinajstić information content (AvgIpc) is 3.74. The van der Waals surface area contributed by atoms with E-state index < -0.39 is 110 Å². The third-order valence-electron chi connectivity index (χ3n) is 11.2. The topological polar surface area (TPSA) is 296 Å². The Balaban J connectivity index is 1.38. The van der Waals surface area contributed by atoms with Crippen LogP contribution in [0.25, 0.3) is 0 Å². The number of aliphatic hydroxyl groups excluding tert-OH is 1. The number of hydroxylamine groups is 2. The standard InChI is InChI=1S/C40H42N4O16S3/c1-39(2)26-17-22(62(54,55)56)10-12-28(26)42(16-8-6-7-9-35(48)60-44-33(46)14-15-34(44)47)30(39)19-24-36(49)25(38(51)37(24)50)20-31-40(3,4)27-18-23(63(57,58)59)11-13-29(27)43(31)21-32(45)41-61(5,52)53/h10-13,17-20H,6-9,14-16,21H2,1-5H3,(H3-,41,45,49,50,51,54,55,56,57,58,59)/p+1. The van der Waals surface area contributed by atoms with Gasteiger partial charge in [0.05, 0.1) is 32.6 Å². The summed E-state index contributed by atoms with van der Waals surface area (Å²) in [5.41, 5.74) is -1.80. The predicted molar refractivity (Wildman–Crippen MR) is 220 cm³/mol. The molecule has 0 bridgehead atoms. The quantitative estimate of drug-likeness (QED) is 0.0528. The van der Waals surface area contributed by atoms with E-state index >= 15 is 0 Å². The molecule has 23 heteroatoms. The van der Waals surface area contributed by atoms with Crippen LogP contribution < -0.4 is 9.62 Å². The molecule has 2 aromatic carbocycles. The number of carbonyl (C=O) groups is 6. The summed E-state index contributed by atoms with van der Waals surface area (Å²) in [5.74, 6) is -6.14. The van der Waals surface area contributed by atoms with Crippen LogP contribution >= 0.6 is 0 Å². The molecule has 1 fully saturated rings. The molecular weight excluding hydrogens is 889 g/mol. The van der Waals surface area contributed by atoms with Crippen molar-refractivity contribution in [1.29, 1.82) is 0 Å². The molecule has 20 nitrogen and oxygen atoms in total. The number of amides is 3. The summed E-state index contributed by atoms with van der Waals surface area (Å²) >= 11 is 0. The molecular formula is C40H43N4O16S3+. The molecule has 0 atom stereocenters. The van der Waals surface area contributed by atoms with E-state index in [4.69, 9.17) is 4.84 Å². The fourth-order valence-corrected chi connectivity index (χ4v) is 9.50. The number of hydrogen-bond donors (Lipinski definition) is 4. The van der Waals surface area contributed by atoms with E-state index in [2.05, 4.69) is 0 Å². The summed E-state index contributed by atoms with van der Waals surface area (Å²) in [6.45, 7) is 6.01. The van der Waals surface area contributed by atoms with Crippen molar-refractivity contribution in [3.63, 3.8) is 0 Å². The maximum atomic E-state index is 13.8. The zero-order valence-electron chi connectivity index (χ0n) is 34.5. The number of imide groups is 1. The highest BCUT2D eigenvalue weighted by atomic mass is 32.2. The first-order valence-electron chi connectivity index (χ1n) is 19.2. The predicted octanol–water partition coefficient (Wildman–Crippen LogP) is 2.37. The van der Waals surface area contributed by atoms with Gasteiger partial charge >= 0.3 is 5.97 Å². The summed E-state index contributed by atoms with van der Waals surface area (Å²) in [6.07, 6.45) is 3.96. The minimum atomic E-state index is -4.73. The van der Waals surface area contributed by atoms with Gasteiger partial charge in [0.1, 0.15) is 5.76 Å². The van der Waals surface area contributed by atoms with Crippen molar-refractivity contribution in [2.75, 3.05) is 24.2 Å². The number of unbranched alkanes of at least 4 members (excludes halogenated alkanes) is 2. The second kappa shape index (κ2) is 16.3. The Bertz CT molecular complexity index is 2890. The Labute approximate surface area is 362 Å². The van der Waals surface area contributed by atoms with E-state index in [9.17, 15) is 68.2 Å². The fourth-order valence-electron chi connectivity index (χ4n) is 8.01. The third-order valence-corrected chi connectivity index (χ3v) is 13.5. The lowest BCUT2D eigenvalue weighted by atomic mass is 9.81. The monoisotopic (exact) mass is 931 g/mol. The van der Waals surface area contributed by atoms with Gasteiger partial charge in [-0.15, -0.1) is 5.06 Å². The minimum absolute atomic E-state index is 0.0562. The van der Waals surface area contributed by atoms with Gasteiger partial charge in [-0.1, -0.05) is 20.3 Å². The number of carbonyl (C=O) groups excluding carboxylic acids is 6. The van der Waals surface area contributed by atoms with E-state index in [1.807, 2.05) is 4.72 Å². The highest BCUT2D eigenvalue weighted by Gasteiger charge is 2.49. The Hall–Kier alpha value is -5.88. The molecule has 2 aromatic rings. The van der Waals surface area contributed by atoms with Crippen LogP contribution in [0.5, 0.6) is 0 Å². The molecule has 0 aromatic heterocycles. The lowest BCUT2D eigenvalue weighted by Gasteiger charge is -2.27. The van der Waals surface area contributed by atoms with Crippen molar-refractivity contribution in [3.8, 4) is 0 Å². The number of hydrogen-bond acceptors (Lipinski definition) is 15. The first kappa shape index (κ1) is 46.6. The highest BCUT2D eigenvalue weighted by molar-refractivity contribution is 7.89. The molecule has 3 aliphatic heterocycles. The molecule has 6 rings (SSSR count). The molecule has 0 radical (unpaired) electrons. The molecule has 4 aliphatic rings. The van der Waals surface area contributed by atoms with Gasteiger partial charge in [0, 0.05) is 60.3 Å². The first-order chi connectivity index (χ1) is 29.0. The SMILES string of the molecule is CC1(C)C(/C=C2\C(=O)C(=O)C(/C=C3/N(CCCCCC(=O)ON4C(=O)CCC4=O)c4ccc(S(=O)(=O)O)cc4C3(C)C)=C2O)=[N+](CC(=O)NS(C)(=O)=O)c2ccc(S(=O)(=O)O)cc21. The molecule has 4 N–H and O–H groups in total. The Kier molecular flexibility index (Phi) is 12.1. The smallest absolute Gasteiger partial charge is 0.333 e. The number of allylic oxidation sites excluding steroid dienone is 5. The van der Waals surface area contributed by atoms with Crippen molar-refractivity contribution >= 4 is 82.6 Å². The number of anilines is 1. The summed E-state index contributed by atoms with van der Waals surface area (Å²) in [5, 5.41) is 12.2. The minimum Gasteiger partial charge on any atom is -0.506 e. The van der Waals surface area contributed by atoms with Crippen LogP contribution in [0.1, 0.15) is 77.3 Å². The molecule has 336 valence electrons. The molecule has 63 heavy (non-hydrogen) atoms. The van der Waals surface area contributed by atoms with Crippen LogP contribution in [0, 0.1) is 0 Å². The van der Waals surface area contributed by atoms with Gasteiger partial charge in [0.25, 0.3) is 38.0 Å². The molecule has 1 aliphatic carbocycles. The Morgan fingerprint density at radius 1 is 0.810 bits per heavy atom. The molecule has 0 unspecified atom stereocenters. The molecule has 1 saturated heterocycles. The van der Waals surface area contributed by atoms with Gasteiger partial charge < -0.3 is 14.8 Å². The van der Waals surface area contributed by atoms with Gasteiger partial charge in [0.15, 0.2) is 5.71 Å². The van der Waals surface area contributed by atoms with Gasteiger partial charge in [-0.25, -0.2) is 17.9 Å². The number of fused-ring (bicyclic) bond motifs is 2. The molecule has 0 spiro atoms. The van der Waals surface area contributed by atoms with Crippen LogP contribution in [0.15, 0.2) is 80.9 Å². The largest absolute Gasteiger partial charge is 0.506 e. The summed E-state index contributed by atoms with van der Waals surface area (Å²) in [6, 6.07) is 7.33. The third kappa shape index (κ3) is 9.14. The summed E-state index contributed by atoms with van der Waals surface area (Å²) in [4.78, 5) is 82.3. The Morgan fingerprint density at radius 2 is 1.40 bits per heavy atom. The van der Waals surface area contributed by atoms with E-state index in [1.165, 1.54) is 34.9 Å². The summed E-state index contributed by atoms with van der Waals surface area (Å²) < 4.78 is 95.1. The molecule has 3 heterocycles. The van der Waals surface area contributed by atoms with E-state index in [0.29, 0.717) is 34.9 Å². The second-order valence-electron chi connectivity index (χ2n) is 16.3. The number of rotatable bonds is 14. The van der Waals surface area contributed by atoms with Crippen LogP contribution in [0.3, 0.4) is 0 Å². The van der Waals surface area contributed by atoms with Crippen LogP contribution in [-0.4, -0.2) is 109 Å². The lowest BCUT2D eigenvalue weighted by Crippen LogP contribution is -2.37. The van der Waals surface area contributed by atoms with E-state index in [-0.39, 0.29) is 49.2 Å². The van der Waals surface area contributed by atoms with Crippen LogP contribution in [-0.2, 0) is 74.7 Å². The molecule has 3 amide bonds. The van der Waals surface area contributed by atoms with Crippen molar-refractivity contribution in [2.24, 2.45) is 0 Å². The fraction of sp³-hybridized carbons (Fsp3) is 0.375. The lowest BCUT2D eigenvalue weighted by molar-refractivity contribution is -0.425. The van der Waals surface area contributed by atoms with Crippen molar-refractivity contribution in [3.05, 3.63) is 82.3 Å². The van der Waals surface area contributed by atoms with E-state index in [1.54, 1.807) is 32.6 Å². The summed E-state index contributed by atoms with van der Waals surface area (Å²) in [7, 11) is -13.4. The maximum Gasteiger partial charge on any atom is 0.333 e. The Morgan fingerprint density at radius 3 is 1.98 bits per heavy atom. The van der Waals surface area contributed by atoms with Crippen molar-refractivity contribution < 1.29 is 77.6 Å². The van der Waals surface area contributed by atoms with Crippen LogP contribution in [0.4, 0.5) is 11.4 Å². The normalized spacial score (nSPS) is 19.8. The number of aliphatic hydroxyl groups is 1. The van der Waals surface area contributed by atoms with Gasteiger partial charge in [-0.05, 0) is 68.7 Å².